The molecular formula is C22H15N. The summed E-state index contributed by atoms with van der Waals surface area (Å²) in [5.41, 5.74) is 4.77. The molecule has 0 saturated carbocycles. The Balaban J connectivity index is 1.75. The van der Waals surface area contributed by atoms with Crippen LogP contribution in [0.15, 0.2) is 72.8 Å². The van der Waals surface area contributed by atoms with Crippen molar-refractivity contribution in [3.05, 3.63) is 83.9 Å². The maximum Gasteiger partial charge on any atom is 0.0464 e. The minimum atomic E-state index is 1.16. The van der Waals surface area contributed by atoms with Crippen LogP contribution in [0.3, 0.4) is 0 Å². The first-order valence-electron chi connectivity index (χ1n) is 7.87. The molecule has 1 aliphatic heterocycles. The predicted molar refractivity (Wildman–Crippen MR) is 100 cm³/mol. The molecule has 0 unspecified atom stereocenters. The Kier molecular flexibility index (Phi) is 2.56. The van der Waals surface area contributed by atoms with E-state index < -0.39 is 0 Å². The lowest BCUT2D eigenvalue weighted by Gasteiger charge is -2.12. The number of benzene rings is 4. The molecule has 5 rings (SSSR count). The molecule has 0 amide bonds. The first kappa shape index (κ1) is 12.5. The highest BCUT2D eigenvalue weighted by atomic mass is 14.9. The van der Waals surface area contributed by atoms with Crippen LogP contribution >= 0.6 is 0 Å². The highest BCUT2D eigenvalue weighted by Crippen LogP contribution is 2.35. The second-order valence-corrected chi connectivity index (χ2v) is 6.03. The van der Waals surface area contributed by atoms with Crippen molar-refractivity contribution in [2.24, 2.45) is 0 Å². The quantitative estimate of drug-likeness (QED) is 0.357. The maximum absolute atomic E-state index is 3.62. The van der Waals surface area contributed by atoms with Crippen LogP contribution in [0.2, 0.25) is 0 Å². The standard InChI is InChI=1S/C22H15N/c1-3-7-17-13-21-19(11-15(17)5-1)9-10-20-12-16-6-2-4-8-18(16)14-22(20)23-21/h1-14,23H. The normalized spacial score (nSPS) is 12.5. The molecule has 1 nitrogen and oxygen atoms in total. The molecule has 0 aliphatic carbocycles. The number of hydrogen-bond acceptors (Lipinski definition) is 1. The molecule has 1 heterocycles. The zero-order valence-corrected chi connectivity index (χ0v) is 12.6. The van der Waals surface area contributed by atoms with Gasteiger partial charge in [-0.05, 0) is 56.9 Å². The number of hydrogen-bond donors (Lipinski definition) is 1. The largest absolute Gasteiger partial charge is 0.355 e. The first-order chi connectivity index (χ1) is 11.4. The predicted octanol–water partition coefficient (Wildman–Crippen LogP) is 6.22. The summed E-state index contributed by atoms with van der Waals surface area (Å²) in [4.78, 5) is 0. The lowest BCUT2D eigenvalue weighted by molar-refractivity contribution is 1.57. The monoisotopic (exact) mass is 293 g/mol. The van der Waals surface area contributed by atoms with Gasteiger partial charge in [0.05, 0.1) is 0 Å². The maximum atomic E-state index is 3.62. The zero-order chi connectivity index (χ0) is 15.2. The zero-order valence-electron chi connectivity index (χ0n) is 12.6. The van der Waals surface area contributed by atoms with Gasteiger partial charge in [-0.25, -0.2) is 0 Å². The van der Waals surface area contributed by atoms with Crippen molar-refractivity contribution in [2.45, 2.75) is 0 Å². The topological polar surface area (TPSA) is 12.0 Å². The van der Waals surface area contributed by atoms with Crippen LogP contribution in [-0.4, -0.2) is 0 Å². The Labute approximate surface area is 134 Å². The molecule has 0 radical (unpaired) electrons. The van der Waals surface area contributed by atoms with Crippen molar-refractivity contribution >= 4 is 45.1 Å². The molecule has 0 saturated heterocycles. The van der Waals surface area contributed by atoms with Gasteiger partial charge in [-0.1, -0.05) is 60.7 Å². The number of anilines is 2. The second-order valence-electron chi connectivity index (χ2n) is 6.03. The Morgan fingerprint density at radius 2 is 0.870 bits per heavy atom. The molecule has 1 heteroatoms. The smallest absolute Gasteiger partial charge is 0.0464 e. The molecular weight excluding hydrogens is 278 g/mol. The number of fused-ring (bicyclic) bond motifs is 4. The molecule has 0 spiro atoms. The van der Waals surface area contributed by atoms with Gasteiger partial charge < -0.3 is 5.32 Å². The highest BCUT2D eigenvalue weighted by molar-refractivity contribution is 5.99. The molecule has 0 aromatic heterocycles. The van der Waals surface area contributed by atoms with Gasteiger partial charge in [-0.2, -0.15) is 0 Å². The summed E-state index contributed by atoms with van der Waals surface area (Å²) in [7, 11) is 0. The highest BCUT2D eigenvalue weighted by Gasteiger charge is 2.10. The minimum absolute atomic E-state index is 1.16. The van der Waals surface area contributed by atoms with Gasteiger partial charge in [0, 0.05) is 11.4 Å². The average Bonchev–Trinajstić information content (AvgIpc) is 2.76. The molecule has 1 N–H and O–H groups in total. The van der Waals surface area contributed by atoms with Crippen molar-refractivity contribution in [2.75, 3.05) is 5.32 Å². The van der Waals surface area contributed by atoms with E-state index in [-0.39, 0.29) is 0 Å². The summed E-state index contributed by atoms with van der Waals surface area (Å²) in [6, 6.07) is 26.0. The molecule has 0 atom stereocenters. The van der Waals surface area contributed by atoms with E-state index in [1.165, 1.54) is 32.7 Å². The van der Waals surface area contributed by atoms with Gasteiger partial charge in [-0.3, -0.25) is 0 Å². The Hall–Kier alpha value is -3.06. The lowest BCUT2D eigenvalue weighted by atomic mass is 10.0. The van der Waals surface area contributed by atoms with E-state index in [0.717, 1.165) is 11.4 Å². The molecule has 4 aromatic carbocycles. The van der Waals surface area contributed by atoms with Gasteiger partial charge in [-0.15, -0.1) is 0 Å². The Bertz CT molecular complexity index is 1000. The molecule has 1 aliphatic rings. The Morgan fingerprint density at radius 1 is 0.478 bits per heavy atom. The third-order valence-electron chi connectivity index (χ3n) is 4.55. The number of rotatable bonds is 0. The molecule has 0 bridgehead atoms. The van der Waals surface area contributed by atoms with E-state index in [4.69, 9.17) is 0 Å². The van der Waals surface area contributed by atoms with Crippen LogP contribution in [0.5, 0.6) is 0 Å². The van der Waals surface area contributed by atoms with Crippen LogP contribution < -0.4 is 5.32 Å². The summed E-state index contributed by atoms with van der Waals surface area (Å²) < 4.78 is 0. The molecule has 4 aromatic rings. The van der Waals surface area contributed by atoms with Crippen molar-refractivity contribution < 1.29 is 0 Å². The van der Waals surface area contributed by atoms with Crippen LogP contribution in [0.25, 0.3) is 33.7 Å². The van der Waals surface area contributed by atoms with Gasteiger partial charge >= 0.3 is 0 Å². The second kappa shape index (κ2) is 4.72. The van der Waals surface area contributed by atoms with Crippen LogP contribution in [0.4, 0.5) is 11.4 Å². The SMILES string of the molecule is C1=Cc2cc3ccccc3cc2Nc2cc3ccccc3cc21. The Morgan fingerprint density at radius 3 is 1.30 bits per heavy atom. The molecule has 0 fully saturated rings. The van der Waals surface area contributed by atoms with E-state index in [9.17, 15) is 0 Å². The van der Waals surface area contributed by atoms with E-state index in [1.807, 2.05) is 0 Å². The third-order valence-corrected chi connectivity index (χ3v) is 4.55. The first-order valence-corrected chi connectivity index (χ1v) is 7.87. The summed E-state index contributed by atoms with van der Waals surface area (Å²) >= 11 is 0. The van der Waals surface area contributed by atoms with E-state index in [2.05, 4.69) is 90.3 Å². The van der Waals surface area contributed by atoms with Gasteiger partial charge in [0.2, 0.25) is 0 Å². The van der Waals surface area contributed by atoms with E-state index >= 15 is 0 Å². The number of nitrogens with one attached hydrogen (secondary N) is 1. The van der Waals surface area contributed by atoms with Crippen LogP contribution in [0, 0.1) is 0 Å². The lowest BCUT2D eigenvalue weighted by Crippen LogP contribution is -1.94. The van der Waals surface area contributed by atoms with Crippen molar-refractivity contribution in [1.82, 2.24) is 0 Å². The van der Waals surface area contributed by atoms with Crippen molar-refractivity contribution in [3.8, 4) is 0 Å². The fourth-order valence-electron chi connectivity index (χ4n) is 3.33. The molecule has 23 heavy (non-hydrogen) atoms. The fraction of sp³-hybridized carbons (Fsp3) is 0. The third kappa shape index (κ3) is 2.01. The van der Waals surface area contributed by atoms with Crippen LogP contribution in [-0.2, 0) is 0 Å². The summed E-state index contributed by atoms with van der Waals surface area (Å²) in [6.07, 6.45) is 4.41. The van der Waals surface area contributed by atoms with Crippen LogP contribution in [0.1, 0.15) is 11.1 Å². The van der Waals surface area contributed by atoms with Gasteiger partial charge in [0.15, 0.2) is 0 Å². The summed E-state index contributed by atoms with van der Waals surface area (Å²) in [5, 5.41) is 8.69. The summed E-state index contributed by atoms with van der Waals surface area (Å²) in [6.45, 7) is 0. The van der Waals surface area contributed by atoms with E-state index in [0.29, 0.717) is 0 Å². The van der Waals surface area contributed by atoms with Gasteiger partial charge in [0.25, 0.3) is 0 Å². The molecule has 108 valence electrons. The van der Waals surface area contributed by atoms with E-state index in [1.54, 1.807) is 0 Å². The fourth-order valence-corrected chi connectivity index (χ4v) is 3.33. The van der Waals surface area contributed by atoms with Gasteiger partial charge in [0.1, 0.15) is 0 Å². The van der Waals surface area contributed by atoms with Crippen molar-refractivity contribution in [1.29, 1.82) is 0 Å². The minimum Gasteiger partial charge on any atom is -0.355 e. The van der Waals surface area contributed by atoms with Crippen molar-refractivity contribution in [3.63, 3.8) is 0 Å². The average molecular weight is 293 g/mol. The summed E-state index contributed by atoms with van der Waals surface area (Å²) in [5.74, 6) is 0.